The van der Waals surface area contributed by atoms with Gasteiger partial charge in [0.2, 0.25) is 0 Å². The third-order valence-corrected chi connectivity index (χ3v) is 4.23. The lowest BCUT2D eigenvalue weighted by Crippen LogP contribution is -2.45. The van der Waals surface area contributed by atoms with Crippen molar-refractivity contribution in [1.82, 2.24) is 14.7 Å². The van der Waals surface area contributed by atoms with Crippen molar-refractivity contribution in [2.24, 2.45) is 0 Å². The number of morpholine rings is 1. The summed E-state index contributed by atoms with van der Waals surface area (Å²) in [4.78, 5) is 2.37. The first-order chi connectivity index (χ1) is 9.28. The van der Waals surface area contributed by atoms with E-state index in [9.17, 15) is 0 Å². The van der Waals surface area contributed by atoms with Gasteiger partial charge in [0.1, 0.15) is 0 Å². The largest absolute Gasteiger partial charge is 0.378 e. The number of halogens is 1. The van der Waals surface area contributed by atoms with Crippen LogP contribution >= 0.6 is 11.6 Å². The summed E-state index contributed by atoms with van der Waals surface area (Å²) in [6.45, 7) is 7.75. The van der Waals surface area contributed by atoms with Crippen LogP contribution in [0.1, 0.15) is 38.4 Å². The third-order valence-electron chi connectivity index (χ3n) is 3.87. The molecule has 2 rings (SSSR count). The fraction of sp³-hybridized carbons (Fsp3) is 0.786. The Morgan fingerprint density at radius 1 is 1.47 bits per heavy atom. The molecule has 5 heteroatoms. The van der Waals surface area contributed by atoms with E-state index in [2.05, 4.69) is 35.7 Å². The summed E-state index contributed by atoms with van der Waals surface area (Å²) in [5.74, 6) is 0.618. The van der Waals surface area contributed by atoms with E-state index in [0.29, 0.717) is 18.0 Å². The van der Waals surface area contributed by atoms with Crippen molar-refractivity contribution in [1.29, 1.82) is 0 Å². The quantitative estimate of drug-likeness (QED) is 0.753. The highest BCUT2D eigenvalue weighted by atomic mass is 35.5. The van der Waals surface area contributed by atoms with Crippen LogP contribution in [0.25, 0.3) is 0 Å². The summed E-state index contributed by atoms with van der Waals surface area (Å²) in [5, 5.41) is 4.71. The van der Waals surface area contributed by atoms with Crippen molar-refractivity contribution < 1.29 is 4.74 Å². The molecule has 0 radical (unpaired) electrons. The monoisotopic (exact) mass is 285 g/mol. The highest BCUT2D eigenvalue weighted by Gasteiger charge is 2.23. The van der Waals surface area contributed by atoms with Gasteiger partial charge < -0.3 is 4.74 Å². The second-order valence-electron chi connectivity index (χ2n) is 5.11. The van der Waals surface area contributed by atoms with Crippen LogP contribution in [0.3, 0.4) is 0 Å². The molecule has 108 valence electrons. The van der Waals surface area contributed by atoms with Gasteiger partial charge in [-0.1, -0.05) is 13.8 Å². The summed E-state index contributed by atoms with van der Waals surface area (Å²) in [7, 11) is 0. The summed E-state index contributed by atoms with van der Waals surface area (Å²) >= 11 is 5.99. The number of ether oxygens (including phenoxy) is 1. The maximum absolute atomic E-state index is 5.99. The van der Waals surface area contributed by atoms with Gasteiger partial charge in [-0.2, -0.15) is 5.10 Å². The number of aromatic nitrogens is 2. The van der Waals surface area contributed by atoms with E-state index in [1.165, 1.54) is 0 Å². The zero-order valence-electron chi connectivity index (χ0n) is 11.9. The van der Waals surface area contributed by atoms with Gasteiger partial charge in [0.25, 0.3) is 0 Å². The van der Waals surface area contributed by atoms with Crippen molar-refractivity contribution in [3.63, 3.8) is 0 Å². The molecule has 2 heterocycles. The Morgan fingerprint density at radius 3 is 2.95 bits per heavy atom. The molecule has 1 atom stereocenters. The number of alkyl halides is 1. The van der Waals surface area contributed by atoms with E-state index < -0.39 is 0 Å². The summed E-state index contributed by atoms with van der Waals surface area (Å²) in [5.41, 5.74) is 1.13. The minimum absolute atomic E-state index is 0.314. The molecule has 19 heavy (non-hydrogen) atoms. The van der Waals surface area contributed by atoms with Gasteiger partial charge >= 0.3 is 0 Å². The first kappa shape index (κ1) is 14.8. The van der Waals surface area contributed by atoms with Crippen molar-refractivity contribution in [2.75, 3.05) is 25.6 Å². The lowest BCUT2D eigenvalue weighted by atomic mass is 10.2. The standard InChI is InChI=1S/C14H24ClN3O/c1-3-13(4-2)18-6-5-12(16-18)10-17-7-8-19-11-14(17)9-15/h5-6,13-14H,3-4,7-11H2,1-2H3. The van der Waals surface area contributed by atoms with Crippen LogP contribution in [-0.2, 0) is 11.3 Å². The fourth-order valence-corrected chi connectivity index (χ4v) is 2.86. The average molecular weight is 286 g/mol. The van der Waals surface area contributed by atoms with E-state index >= 15 is 0 Å². The van der Waals surface area contributed by atoms with Crippen LogP contribution in [0.5, 0.6) is 0 Å². The second-order valence-corrected chi connectivity index (χ2v) is 5.42. The highest BCUT2D eigenvalue weighted by Crippen LogP contribution is 2.17. The Labute approximate surface area is 120 Å². The fourth-order valence-electron chi connectivity index (χ4n) is 2.58. The molecule has 1 aliphatic rings. The molecular formula is C14H24ClN3O. The second kappa shape index (κ2) is 7.27. The first-order valence-electron chi connectivity index (χ1n) is 7.20. The van der Waals surface area contributed by atoms with Gasteiger partial charge in [-0.3, -0.25) is 9.58 Å². The van der Waals surface area contributed by atoms with Gasteiger partial charge in [0, 0.05) is 31.2 Å². The van der Waals surface area contributed by atoms with E-state index in [0.717, 1.165) is 44.8 Å². The Kier molecular flexibility index (Phi) is 5.67. The summed E-state index contributed by atoms with van der Waals surface area (Å²) in [6, 6.07) is 2.95. The van der Waals surface area contributed by atoms with Crippen LogP contribution in [0.15, 0.2) is 12.3 Å². The van der Waals surface area contributed by atoms with Crippen LogP contribution in [0, 0.1) is 0 Å². The lowest BCUT2D eigenvalue weighted by Gasteiger charge is -2.33. The Hall–Kier alpha value is -0.580. The molecular weight excluding hydrogens is 262 g/mol. The molecule has 0 saturated carbocycles. The molecule has 1 aromatic rings. The van der Waals surface area contributed by atoms with E-state index in [1.807, 2.05) is 0 Å². The van der Waals surface area contributed by atoms with E-state index in [4.69, 9.17) is 21.4 Å². The SMILES string of the molecule is CCC(CC)n1ccc(CN2CCOCC2CCl)n1. The van der Waals surface area contributed by atoms with Crippen LogP contribution in [0.2, 0.25) is 0 Å². The molecule has 1 aliphatic heterocycles. The molecule has 0 amide bonds. The van der Waals surface area contributed by atoms with Gasteiger partial charge in [0.15, 0.2) is 0 Å². The third kappa shape index (κ3) is 3.71. The van der Waals surface area contributed by atoms with Crippen molar-refractivity contribution in [2.45, 2.75) is 45.3 Å². The average Bonchev–Trinajstić information content (AvgIpc) is 2.89. The summed E-state index contributed by atoms with van der Waals surface area (Å²) in [6.07, 6.45) is 4.35. The number of hydrogen-bond acceptors (Lipinski definition) is 3. The number of hydrogen-bond donors (Lipinski definition) is 0. The predicted octanol–water partition coefficient (Wildman–Crippen LogP) is 2.68. The Bertz CT molecular complexity index is 379. The topological polar surface area (TPSA) is 30.3 Å². The summed E-state index contributed by atoms with van der Waals surface area (Å²) < 4.78 is 7.57. The van der Waals surface area contributed by atoms with E-state index in [-0.39, 0.29) is 0 Å². The van der Waals surface area contributed by atoms with Gasteiger partial charge in [-0.15, -0.1) is 11.6 Å². The molecule has 0 N–H and O–H groups in total. The molecule has 1 saturated heterocycles. The smallest absolute Gasteiger partial charge is 0.0765 e. The molecule has 1 unspecified atom stereocenters. The zero-order chi connectivity index (χ0) is 13.7. The Balaban J connectivity index is 1.98. The molecule has 1 aromatic heterocycles. The van der Waals surface area contributed by atoms with Crippen LogP contribution < -0.4 is 0 Å². The lowest BCUT2D eigenvalue weighted by molar-refractivity contribution is -0.00368. The normalized spacial score (nSPS) is 21.2. The van der Waals surface area contributed by atoms with Crippen LogP contribution in [-0.4, -0.2) is 46.4 Å². The molecule has 0 aromatic carbocycles. The molecule has 4 nitrogen and oxygen atoms in total. The van der Waals surface area contributed by atoms with Crippen LogP contribution in [0.4, 0.5) is 0 Å². The van der Waals surface area contributed by atoms with Gasteiger partial charge in [-0.05, 0) is 18.9 Å². The van der Waals surface area contributed by atoms with Crippen molar-refractivity contribution in [3.8, 4) is 0 Å². The zero-order valence-corrected chi connectivity index (χ0v) is 12.6. The van der Waals surface area contributed by atoms with E-state index in [1.54, 1.807) is 0 Å². The first-order valence-corrected chi connectivity index (χ1v) is 7.73. The predicted molar refractivity (Wildman–Crippen MR) is 77.6 cm³/mol. The molecule has 0 aliphatic carbocycles. The van der Waals surface area contributed by atoms with Gasteiger partial charge in [-0.25, -0.2) is 0 Å². The van der Waals surface area contributed by atoms with Crippen molar-refractivity contribution >= 4 is 11.6 Å². The maximum atomic E-state index is 5.99. The Morgan fingerprint density at radius 2 is 2.26 bits per heavy atom. The molecule has 1 fully saturated rings. The molecule has 0 spiro atoms. The number of nitrogens with zero attached hydrogens (tertiary/aromatic N) is 3. The highest BCUT2D eigenvalue weighted by molar-refractivity contribution is 6.18. The van der Waals surface area contributed by atoms with Gasteiger partial charge in [0.05, 0.1) is 24.9 Å². The molecule has 0 bridgehead atoms. The minimum atomic E-state index is 0.314. The van der Waals surface area contributed by atoms with Crippen molar-refractivity contribution in [3.05, 3.63) is 18.0 Å². The number of rotatable bonds is 6. The maximum Gasteiger partial charge on any atom is 0.0765 e. The minimum Gasteiger partial charge on any atom is -0.378 e.